The zero-order valence-electron chi connectivity index (χ0n) is 9.89. The van der Waals surface area contributed by atoms with E-state index in [0.29, 0.717) is 5.69 Å². The Bertz CT molecular complexity index is 557. The second-order valence-electron chi connectivity index (χ2n) is 4.13. The first kappa shape index (κ1) is 12.2. The average molecular weight is 247 g/mol. The van der Waals surface area contributed by atoms with Crippen LogP contribution < -0.4 is 5.32 Å². The highest BCUT2D eigenvalue weighted by Gasteiger charge is 2.07. The van der Waals surface area contributed by atoms with Gasteiger partial charge < -0.3 is 15.5 Å². The van der Waals surface area contributed by atoms with Gasteiger partial charge in [-0.1, -0.05) is 12.1 Å². The fourth-order valence-electron chi connectivity index (χ4n) is 1.72. The molecule has 2 aromatic rings. The Labute approximate surface area is 105 Å². The van der Waals surface area contributed by atoms with Gasteiger partial charge in [-0.3, -0.25) is 0 Å². The summed E-state index contributed by atoms with van der Waals surface area (Å²) < 4.78 is 13.2. The Kier molecular flexibility index (Phi) is 3.37. The van der Waals surface area contributed by atoms with Crippen LogP contribution >= 0.6 is 0 Å². The molecule has 0 aliphatic carbocycles. The van der Waals surface area contributed by atoms with Crippen LogP contribution in [0.15, 0.2) is 42.5 Å². The molecule has 0 bridgehead atoms. The van der Waals surface area contributed by atoms with E-state index in [1.54, 1.807) is 24.3 Å². The Morgan fingerprint density at radius 2 is 1.89 bits per heavy atom. The normalized spacial score (nSPS) is 12.1. The van der Waals surface area contributed by atoms with Crippen LogP contribution in [0.25, 0.3) is 0 Å². The van der Waals surface area contributed by atoms with Crippen LogP contribution in [0.5, 0.6) is 11.5 Å². The van der Waals surface area contributed by atoms with E-state index in [-0.39, 0.29) is 17.5 Å². The highest BCUT2D eigenvalue weighted by Crippen LogP contribution is 2.25. The van der Waals surface area contributed by atoms with Crippen LogP contribution in [0.1, 0.15) is 18.5 Å². The van der Waals surface area contributed by atoms with E-state index in [0.717, 1.165) is 5.56 Å². The Balaban J connectivity index is 2.16. The maximum Gasteiger partial charge on any atom is 0.166 e. The largest absolute Gasteiger partial charge is 0.508 e. The molecular weight excluding hydrogens is 233 g/mol. The van der Waals surface area contributed by atoms with Crippen LogP contribution in [0.4, 0.5) is 10.1 Å². The summed E-state index contributed by atoms with van der Waals surface area (Å²) in [5.41, 5.74) is 1.46. The molecule has 0 aromatic heterocycles. The van der Waals surface area contributed by atoms with Crippen LogP contribution in [0.2, 0.25) is 0 Å². The molecule has 0 amide bonds. The van der Waals surface area contributed by atoms with E-state index in [1.165, 1.54) is 12.1 Å². The molecule has 3 nitrogen and oxygen atoms in total. The van der Waals surface area contributed by atoms with Crippen molar-refractivity contribution in [2.75, 3.05) is 5.32 Å². The van der Waals surface area contributed by atoms with E-state index in [9.17, 15) is 9.50 Å². The molecule has 0 saturated heterocycles. The minimum atomic E-state index is -0.664. The van der Waals surface area contributed by atoms with Gasteiger partial charge in [0.05, 0.1) is 0 Å². The van der Waals surface area contributed by atoms with E-state index in [1.807, 2.05) is 13.0 Å². The predicted octanol–water partition coefficient (Wildman–Crippen LogP) is 3.41. The maximum atomic E-state index is 13.2. The van der Waals surface area contributed by atoms with Crippen LogP contribution in [-0.4, -0.2) is 10.2 Å². The van der Waals surface area contributed by atoms with Crippen molar-refractivity contribution in [3.05, 3.63) is 53.8 Å². The third-order valence-corrected chi connectivity index (χ3v) is 2.70. The molecule has 0 saturated carbocycles. The Morgan fingerprint density at radius 3 is 2.56 bits per heavy atom. The SMILES string of the molecule is CC(Nc1ccc(O)c(F)c1)c1cccc(O)c1. The van der Waals surface area contributed by atoms with Gasteiger partial charge >= 0.3 is 0 Å². The topological polar surface area (TPSA) is 52.5 Å². The van der Waals surface area contributed by atoms with Crippen molar-refractivity contribution in [3.8, 4) is 11.5 Å². The van der Waals surface area contributed by atoms with Crippen molar-refractivity contribution in [2.45, 2.75) is 13.0 Å². The maximum absolute atomic E-state index is 13.2. The fourth-order valence-corrected chi connectivity index (χ4v) is 1.72. The smallest absolute Gasteiger partial charge is 0.166 e. The van der Waals surface area contributed by atoms with Crippen molar-refractivity contribution in [2.24, 2.45) is 0 Å². The lowest BCUT2D eigenvalue weighted by atomic mass is 10.1. The second kappa shape index (κ2) is 4.96. The third kappa shape index (κ3) is 2.71. The summed E-state index contributed by atoms with van der Waals surface area (Å²) >= 11 is 0. The molecule has 18 heavy (non-hydrogen) atoms. The third-order valence-electron chi connectivity index (χ3n) is 2.70. The standard InChI is InChI=1S/C14H14FNO2/c1-9(10-3-2-4-12(17)7-10)16-11-5-6-14(18)13(15)8-11/h2-9,16-18H,1H3. The lowest BCUT2D eigenvalue weighted by molar-refractivity contribution is 0.432. The molecule has 0 radical (unpaired) electrons. The van der Waals surface area contributed by atoms with Crippen molar-refractivity contribution in [1.82, 2.24) is 0 Å². The number of phenols is 2. The van der Waals surface area contributed by atoms with E-state index < -0.39 is 5.82 Å². The van der Waals surface area contributed by atoms with Crippen molar-refractivity contribution >= 4 is 5.69 Å². The van der Waals surface area contributed by atoms with E-state index in [2.05, 4.69) is 5.32 Å². The molecular formula is C14H14FNO2. The van der Waals surface area contributed by atoms with E-state index >= 15 is 0 Å². The number of anilines is 1. The summed E-state index contributed by atoms with van der Waals surface area (Å²) in [6.45, 7) is 1.90. The predicted molar refractivity (Wildman–Crippen MR) is 68.2 cm³/mol. The molecule has 0 heterocycles. The van der Waals surface area contributed by atoms with Gasteiger partial charge in [0.15, 0.2) is 11.6 Å². The van der Waals surface area contributed by atoms with Crippen LogP contribution in [0, 0.1) is 5.82 Å². The molecule has 2 rings (SSSR count). The number of benzene rings is 2. The second-order valence-corrected chi connectivity index (χ2v) is 4.13. The molecule has 0 fully saturated rings. The summed E-state index contributed by atoms with van der Waals surface area (Å²) in [6.07, 6.45) is 0. The quantitative estimate of drug-likeness (QED) is 0.728. The minimum Gasteiger partial charge on any atom is -0.508 e. The lowest BCUT2D eigenvalue weighted by Crippen LogP contribution is -2.06. The van der Waals surface area contributed by atoms with Gasteiger partial charge in [-0.05, 0) is 36.8 Å². The number of hydrogen-bond donors (Lipinski definition) is 3. The number of halogens is 1. The van der Waals surface area contributed by atoms with Gasteiger partial charge in [-0.25, -0.2) is 4.39 Å². The van der Waals surface area contributed by atoms with E-state index in [4.69, 9.17) is 5.11 Å². The first-order chi connectivity index (χ1) is 8.56. The lowest BCUT2D eigenvalue weighted by Gasteiger charge is -2.16. The Hall–Kier alpha value is -2.23. The molecule has 1 atom stereocenters. The molecule has 4 heteroatoms. The van der Waals surface area contributed by atoms with Crippen molar-refractivity contribution in [1.29, 1.82) is 0 Å². The van der Waals surface area contributed by atoms with Gasteiger partial charge in [-0.2, -0.15) is 0 Å². The summed E-state index contributed by atoms with van der Waals surface area (Å²) in [5.74, 6) is -0.841. The Morgan fingerprint density at radius 1 is 1.11 bits per heavy atom. The summed E-state index contributed by atoms with van der Waals surface area (Å²) in [5, 5.41) is 21.6. The molecule has 3 N–H and O–H groups in total. The van der Waals surface area contributed by atoms with Crippen molar-refractivity contribution in [3.63, 3.8) is 0 Å². The zero-order chi connectivity index (χ0) is 13.1. The highest BCUT2D eigenvalue weighted by atomic mass is 19.1. The monoisotopic (exact) mass is 247 g/mol. The van der Waals surface area contributed by atoms with Crippen molar-refractivity contribution < 1.29 is 14.6 Å². The van der Waals surface area contributed by atoms with Crippen LogP contribution in [-0.2, 0) is 0 Å². The average Bonchev–Trinajstić information content (AvgIpc) is 2.34. The number of nitrogens with one attached hydrogen (secondary N) is 1. The first-order valence-electron chi connectivity index (χ1n) is 5.60. The number of aromatic hydroxyl groups is 2. The molecule has 0 aliphatic heterocycles. The highest BCUT2D eigenvalue weighted by molar-refractivity contribution is 5.49. The fraction of sp³-hybridized carbons (Fsp3) is 0.143. The van der Waals surface area contributed by atoms with Gasteiger partial charge in [-0.15, -0.1) is 0 Å². The molecule has 0 aliphatic rings. The number of phenolic OH excluding ortho intramolecular Hbond substituents is 2. The van der Waals surface area contributed by atoms with Crippen LogP contribution in [0.3, 0.4) is 0 Å². The van der Waals surface area contributed by atoms with Gasteiger partial charge in [0.2, 0.25) is 0 Å². The summed E-state index contributed by atoms with van der Waals surface area (Å²) in [6, 6.07) is 10.9. The molecule has 1 unspecified atom stereocenters. The molecule has 0 spiro atoms. The first-order valence-corrected chi connectivity index (χ1v) is 5.60. The number of hydrogen-bond acceptors (Lipinski definition) is 3. The molecule has 2 aromatic carbocycles. The number of rotatable bonds is 3. The molecule has 94 valence electrons. The van der Waals surface area contributed by atoms with Gasteiger partial charge in [0.25, 0.3) is 0 Å². The van der Waals surface area contributed by atoms with Gasteiger partial charge in [0.1, 0.15) is 5.75 Å². The summed E-state index contributed by atoms with van der Waals surface area (Å²) in [7, 11) is 0. The minimum absolute atomic E-state index is 0.0824. The summed E-state index contributed by atoms with van der Waals surface area (Å²) in [4.78, 5) is 0. The van der Waals surface area contributed by atoms with Gasteiger partial charge in [0, 0.05) is 17.8 Å². The zero-order valence-corrected chi connectivity index (χ0v) is 9.89.